The number of anilines is 1. The molecule has 2 aromatic heterocycles. The molecule has 0 spiro atoms. The number of hydrogen-bond donors (Lipinski definition) is 1. The van der Waals surface area contributed by atoms with Crippen molar-refractivity contribution >= 4 is 39.9 Å². The second-order valence-electron chi connectivity index (χ2n) is 9.57. The molecule has 1 aliphatic rings. The van der Waals surface area contributed by atoms with E-state index in [0.717, 1.165) is 30.6 Å². The van der Waals surface area contributed by atoms with Gasteiger partial charge in [0.15, 0.2) is 27.4 Å². The summed E-state index contributed by atoms with van der Waals surface area (Å²) in [6.45, 7) is 4.84. The highest BCUT2D eigenvalue weighted by atomic mass is 32.2. The number of amides is 1. The number of thioether (sulfide) groups is 1. The first-order valence-electron chi connectivity index (χ1n) is 13.9. The Balaban J connectivity index is 1.50. The minimum absolute atomic E-state index is 0.0273. The lowest BCUT2D eigenvalue weighted by Gasteiger charge is -2.24. The van der Waals surface area contributed by atoms with Gasteiger partial charge < -0.3 is 19.0 Å². The van der Waals surface area contributed by atoms with Gasteiger partial charge >= 0.3 is 0 Å². The van der Waals surface area contributed by atoms with Crippen molar-refractivity contribution in [2.75, 3.05) is 18.1 Å². The molecule has 0 saturated carbocycles. The van der Waals surface area contributed by atoms with Crippen LogP contribution in [0.5, 0.6) is 11.5 Å². The molecule has 1 atom stereocenters. The number of hydrogen-bond acceptors (Lipinski definition) is 10. The van der Waals surface area contributed by atoms with Crippen LogP contribution in [-0.4, -0.2) is 40.2 Å². The van der Waals surface area contributed by atoms with Gasteiger partial charge in [0.2, 0.25) is 10.9 Å². The Hall–Kier alpha value is -4.16. The third-order valence-corrected chi connectivity index (χ3v) is 8.80. The third-order valence-electron chi connectivity index (χ3n) is 6.70. The van der Waals surface area contributed by atoms with E-state index in [1.807, 2.05) is 6.92 Å². The van der Waals surface area contributed by atoms with Gasteiger partial charge in [-0.15, -0.1) is 10.2 Å². The number of unbranched alkanes of at least 4 members (excludes halogenated alkanes) is 2. The van der Waals surface area contributed by atoms with Gasteiger partial charge in [-0.25, -0.2) is 4.39 Å². The number of carbonyl (C=O) groups is 2. The molecule has 0 aliphatic carbocycles. The highest BCUT2D eigenvalue weighted by Crippen LogP contribution is 2.45. The van der Waals surface area contributed by atoms with Gasteiger partial charge in [-0.2, -0.15) is 0 Å². The molecule has 1 aliphatic heterocycles. The van der Waals surface area contributed by atoms with Gasteiger partial charge in [-0.3, -0.25) is 14.5 Å². The zero-order chi connectivity index (χ0) is 30.3. The van der Waals surface area contributed by atoms with Crippen molar-refractivity contribution in [2.45, 2.75) is 49.2 Å². The topological polar surface area (TPSA) is 115 Å². The average Bonchev–Trinajstić information content (AvgIpc) is 3.76. The number of nitrogens with zero attached hydrogens (tertiary/aromatic N) is 3. The van der Waals surface area contributed by atoms with Gasteiger partial charge in [-0.1, -0.05) is 67.1 Å². The summed E-state index contributed by atoms with van der Waals surface area (Å²) in [7, 11) is 0. The highest BCUT2D eigenvalue weighted by molar-refractivity contribution is 8.00. The molecule has 0 radical (unpaired) electrons. The van der Waals surface area contributed by atoms with Crippen LogP contribution >= 0.6 is 23.1 Å². The fourth-order valence-electron chi connectivity index (χ4n) is 4.62. The van der Waals surface area contributed by atoms with Crippen molar-refractivity contribution in [2.24, 2.45) is 0 Å². The smallest absolute Gasteiger partial charge is 0.296 e. The predicted octanol–water partition coefficient (Wildman–Crippen LogP) is 7.31. The van der Waals surface area contributed by atoms with Crippen LogP contribution < -0.4 is 14.4 Å². The van der Waals surface area contributed by atoms with E-state index in [0.29, 0.717) is 45.9 Å². The van der Waals surface area contributed by atoms with E-state index in [1.165, 1.54) is 35.1 Å². The van der Waals surface area contributed by atoms with Crippen LogP contribution in [0.25, 0.3) is 0 Å². The molecular formula is C31H30FN3O6S2. The second kappa shape index (κ2) is 13.9. The fraction of sp³-hybridized carbons (Fsp3) is 0.290. The number of aliphatic hydroxyl groups excluding tert-OH is 1. The van der Waals surface area contributed by atoms with E-state index in [4.69, 9.17) is 13.9 Å². The summed E-state index contributed by atoms with van der Waals surface area (Å²) < 4.78 is 31.8. The van der Waals surface area contributed by atoms with E-state index < -0.39 is 23.5 Å². The normalized spacial score (nSPS) is 14.9. The van der Waals surface area contributed by atoms with Crippen LogP contribution in [-0.2, 0) is 10.5 Å². The SMILES string of the molecule is CCCCCOc1ccc(C2C(C(=O)c3ccco3)=C(O)C(=O)N2c2nnc(SCc3ccccc3F)s2)cc1OCC. The van der Waals surface area contributed by atoms with Crippen molar-refractivity contribution in [3.63, 3.8) is 0 Å². The maximum Gasteiger partial charge on any atom is 0.296 e. The molecule has 3 heterocycles. The number of ether oxygens (including phenoxy) is 2. The highest BCUT2D eigenvalue weighted by Gasteiger charge is 2.47. The molecule has 1 N–H and O–H groups in total. The fourth-order valence-corrected chi connectivity index (χ4v) is 6.47. The Morgan fingerprint density at radius 2 is 1.93 bits per heavy atom. The number of ketones is 1. The molecule has 43 heavy (non-hydrogen) atoms. The van der Waals surface area contributed by atoms with Gasteiger partial charge in [0.25, 0.3) is 5.91 Å². The van der Waals surface area contributed by atoms with E-state index in [1.54, 1.807) is 42.5 Å². The predicted molar refractivity (Wildman–Crippen MR) is 161 cm³/mol. The second-order valence-corrected chi connectivity index (χ2v) is 11.8. The molecule has 1 amide bonds. The van der Waals surface area contributed by atoms with Crippen molar-refractivity contribution in [3.05, 3.63) is 94.9 Å². The zero-order valence-electron chi connectivity index (χ0n) is 23.6. The number of benzene rings is 2. The summed E-state index contributed by atoms with van der Waals surface area (Å²) in [5.41, 5.74) is 0.840. The van der Waals surface area contributed by atoms with Crippen LogP contribution in [0.3, 0.4) is 0 Å². The summed E-state index contributed by atoms with van der Waals surface area (Å²) in [6.07, 6.45) is 4.33. The first kappa shape index (κ1) is 30.3. The first-order valence-corrected chi connectivity index (χ1v) is 15.7. The summed E-state index contributed by atoms with van der Waals surface area (Å²) in [5, 5.41) is 19.6. The average molecular weight is 624 g/mol. The summed E-state index contributed by atoms with van der Waals surface area (Å²) in [6, 6.07) is 13.6. The molecule has 0 fully saturated rings. The largest absolute Gasteiger partial charge is 0.503 e. The molecule has 5 rings (SSSR count). The van der Waals surface area contributed by atoms with E-state index in [2.05, 4.69) is 17.1 Å². The van der Waals surface area contributed by atoms with E-state index in [9.17, 15) is 19.1 Å². The summed E-state index contributed by atoms with van der Waals surface area (Å²) >= 11 is 2.36. The molecule has 224 valence electrons. The minimum atomic E-state index is -1.06. The molecule has 1 unspecified atom stereocenters. The third kappa shape index (κ3) is 6.60. The van der Waals surface area contributed by atoms with Gasteiger partial charge in [0.1, 0.15) is 5.82 Å². The Labute approximate surface area is 256 Å². The molecule has 9 nitrogen and oxygen atoms in total. The lowest BCUT2D eigenvalue weighted by Crippen LogP contribution is -2.31. The first-order chi connectivity index (χ1) is 20.9. The molecule has 12 heteroatoms. The Kier molecular flexibility index (Phi) is 9.78. The maximum absolute atomic E-state index is 14.1. The number of furan rings is 1. The standard InChI is InChI=1S/C31H30FN3O6S2/c1-3-5-8-15-40-22-14-13-19(17-24(22)39-4-2)26-25(27(36)23-12-9-16-41-23)28(37)29(38)35(26)30-33-34-31(43-30)42-18-20-10-6-7-11-21(20)32/h6-7,9-14,16-17,26,37H,3-5,8,15,18H2,1-2H3. The van der Waals surface area contributed by atoms with E-state index in [-0.39, 0.29) is 22.3 Å². The molecule has 0 bridgehead atoms. The number of carbonyl (C=O) groups excluding carboxylic acids is 2. The van der Waals surface area contributed by atoms with Crippen molar-refractivity contribution in [3.8, 4) is 11.5 Å². The van der Waals surface area contributed by atoms with Crippen LogP contribution in [0, 0.1) is 5.82 Å². The number of Topliss-reactive ketones (excluding diaryl/α,β-unsaturated/α-hetero) is 1. The molecular weight excluding hydrogens is 593 g/mol. The quantitative estimate of drug-likeness (QED) is 0.0668. The lowest BCUT2D eigenvalue weighted by atomic mass is 9.95. The summed E-state index contributed by atoms with van der Waals surface area (Å²) in [4.78, 5) is 28.4. The van der Waals surface area contributed by atoms with Crippen LogP contribution in [0.15, 0.2) is 80.9 Å². The molecule has 4 aromatic rings. The number of rotatable bonds is 14. The van der Waals surface area contributed by atoms with Crippen LogP contribution in [0.1, 0.15) is 60.8 Å². The van der Waals surface area contributed by atoms with Gasteiger partial charge in [0, 0.05) is 5.75 Å². The number of halogens is 1. The van der Waals surface area contributed by atoms with Crippen LogP contribution in [0.2, 0.25) is 0 Å². The number of aliphatic hydroxyl groups is 1. The lowest BCUT2D eigenvalue weighted by molar-refractivity contribution is -0.117. The Morgan fingerprint density at radius 1 is 1.09 bits per heavy atom. The van der Waals surface area contributed by atoms with Gasteiger partial charge in [0.05, 0.1) is 31.1 Å². The maximum atomic E-state index is 14.1. The number of aromatic nitrogens is 2. The van der Waals surface area contributed by atoms with E-state index >= 15 is 0 Å². The molecule has 0 saturated heterocycles. The van der Waals surface area contributed by atoms with Gasteiger partial charge in [-0.05, 0) is 54.8 Å². The molecule has 2 aromatic carbocycles. The monoisotopic (exact) mass is 623 g/mol. The van der Waals surface area contributed by atoms with Crippen molar-refractivity contribution in [1.82, 2.24) is 10.2 Å². The zero-order valence-corrected chi connectivity index (χ0v) is 25.3. The van der Waals surface area contributed by atoms with Crippen molar-refractivity contribution in [1.29, 1.82) is 0 Å². The Morgan fingerprint density at radius 3 is 2.67 bits per heavy atom. The van der Waals surface area contributed by atoms with Crippen LogP contribution in [0.4, 0.5) is 9.52 Å². The Bertz CT molecular complexity index is 1620. The summed E-state index contributed by atoms with van der Waals surface area (Å²) in [5.74, 6) is -1.22. The minimum Gasteiger partial charge on any atom is -0.503 e. The van der Waals surface area contributed by atoms with Crippen molar-refractivity contribution < 1.29 is 33.0 Å².